The highest BCUT2D eigenvalue weighted by atomic mass is 32.1. The van der Waals surface area contributed by atoms with Crippen molar-refractivity contribution in [2.75, 3.05) is 7.11 Å². The minimum absolute atomic E-state index is 0.320. The highest BCUT2D eigenvalue weighted by Gasteiger charge is 1.99. The zero-order chi connectivity index (χ0) is 9.97. The summed E-state index contributed by atoms with van der Waals surface area (Å²) in [5, 5.41) is 2.59. The third-order valence-electron chi connectivity index (χ3n) is 1.73. The molecule has 1 aromatic heterocycles. The summed E-state index contributed by atoms with van der Waals surface area (Å²) in [7, 11) is 1.64. The number of rotatable bonds is 2. The molecule has 2 aromatic rings. The fraction of sp³-hybridized carbons (Fsp3) is 0.100. The summed E-state index contributed by atoms with van der Waals surface area (Å²) >= 11 is 1.48. The molecule has 1 heterocycles. The SMILES string of the molecule is [2H]c1csc(-c2ccc(OC)cc2)n1. The standard InChI is InChI=1S/C10H9NOS/c1-12-9-4-2-8(3-5-9)10-11-6-7-13-10/h2-7H,1H3/i6D. The lowest BCUT2D eigenvalue weighted by molar-refractivity contribution is 0.415. The Kier molecular flexibility index (Phi) is 1.95. The van der Waals surface area contributed by atoms with E-state index in [1.807, 2.05) is 24.3 Å². The zero-order valence-electron chi connectivity index (χ0n) is 8.15. The van der Waals surface area contributed by atoms with E-state index in [1.165, 1.54) is 11.3 Å². The van der Waals surface area contributed by atoms with Gasteiger partial charge >= 0.3 is 0 Å². The van der Waals surface area contributed by atoms with Crippen molar-refractivity contribution in [1.82, 2.24) is 4.98 Å². The first kappa shape index (κ1) is 7.09. The van der Waals surface area contributed by atoms with Crippen LogP contribution in [0.2, 0.25) is 0 Å². The molecule has 0 aliphatic rings. The summed E-state index contributed by atoms with van der Waals surface area (Å²) in [6, 6.07) is 7.66. The van der Waals surface area contributed by atoms with E-state index in [2.05, 4.69) is 4.98 Å². The maximum absolute atomic E-state index is 7.32. The van der Waals surface area contributed by atoms with Crippen LogP contribution in [0.4, 0.5) is 0 Å². The van der Waals surface area contributed by atoms with Gasteiger partial charge in [0.1, 0.15) is 10.8 Å². The molecule has 0 N–H and O–H groups in total. The highest BCUT2D eigenvalue weighted by Crippen LogP contribution is 2.23. The van der Waals surface area contributed by atoms with Crippen LogP contribution in [0.3, 0.4) is 0 Å². The van der Waals surface area contributed by atoms with E-state index >= 15 is 0 Å². The molecule has 0 radical (unpaired) electrons. The van der Waals surface area contributed by atoms with Crippen LogP contribution in [0.25, 0.3) is 10.6 Å². The van der Waals surface area contributed by atoms with Crippen LogP contribution in [0.5, 0.6) is 5.75 Å². The first-order valence-corrected chi connectivity index (χ1v) is 4.74. The van der Waals surface area contributed by atoms with Crippen LogP contribution >= 0.6 is 11.3 Å². The van der Waals surface area contributed by atoms with E-state index in [4.69, 9.17) is 6.11 Å². The normalized spacial score (nSPS) is 11.0. The van der Waals surface area contributed by atoms with E-state index in [0.717, 1.165) is 16.3 Å². The Bertz CT molecular complexity index is 424. The predicted molar refractivity (Wildman–Crippen MR) is 54.1 cm³/mol. The van der Waals surface area contributed by atoms with Crippen molar-refractivity contribution in [1.29, 1.82) is 0 Å². The number of aromatic nitrogens is 1. The lowest BCUT2D eigenvalue weighted by Gasteiger charge is -1.99. The average Bonchev–Trinajstić information content (AvgIpc) is 2.65. The summed E-state index contributed by atoms with van der Waals surface area (Å²) in [6.07, 6.45) is 0.320. The minimum Gasteiger partial charge on any atom is -0.497 e. The number of benzene rings is 1. The van der Waals surface area contributed by atoms with Crippen molar-refractivity contribution in [2.45, 2.75) is 0 Å². The lowest BCUT2D eigenvalue weighted by Crippen LogP contribution is -1.81. The largest absolute Gasteiger partial charge is 0.497 e. The van der Waals surface area contributed by atoms with Crippen molar-refractivity contribution in [3.05, 3.63) is 35.8 Å². The number of nitrogens with zero attached hydrogens (tertiary/aromatic N) is 1. The van der Waals surface area contributed by atoms with Gasteiger partial charge in [-0.3, -0.25) is 0 Å². The lowest BCUT2D eigenvalue weighted by atomic mass is 10.2. The summed E-state index contributed by atoms with van der Waals surface area (Å²) in [5.74, 6) is 0.830. The maximum atomic E-state index is 7.32. The molecule has 0 saturated heterocycles. The first-order chi connectivity index (χ1) is 6.79. The molecule has 0 fully saturated rings. The second-order valence-electron chi connectivity index (χ2n) is 2.51. The summed E-state index contributed by atoms with van der Waals surface area (Å²) in [5.41, 5.74) is 1.02. The molecule has 0 aliphatic carbocycles. The molecular weight excluding hydrogens is 182 g/mol. The third kappa shape index (κ3) is 1.70. The summed E-state index contributed by atoms with van der Waals surface area (Å²) in [4.78, 5) is 4.08. The molecule has 2 rings (SSSR count). The molecule has 1 aromatic carbocycles. The van der Waals surface area contributed by atoms with E-state index in [0.29, 0.717) is 6.17 Å². The summed E-state index contributed by atoms with van der Waals surface area (Å²) in [6.45, 7) is 0. The Hall–Kier alpha value is -1.35. The van der Waals surface area contributed by atoms with Gasteiger partial charge in [-0.05, 0) is 24.3 Å². The Labute approximate surface area is 82.2 Å². The number of thiazole rings is 1. The summed E-state index contributed by atoms with van der Waals surface area (Å²) < 4.78 is 12.4. The van der Waals surface area contributed by atoms with E-state index in [-0.39, 0.29) is 0 Å². The van der Waals surface area contributed by atoms with Gasteiger partial charge in [-0.1, -0.05) is 0 Å². The topological polar surface area (TPSA) is 22.1 Å². The fourth-order valence-corrected chi connectivity index (χ4v) is 1.65. The quantitative estimate of drug-likeness (QED) is 0.730. The van der Waals surface area contributed by atoms with Gasteiger partial charge in [-0.2, -0.15) is 0 Å². The van der Waals surface area contributed by atoms with Crippen molar-refractivity contribution in [3.63, 3.8) is 0 Å². The van der Waals surface area contributed by atoms with Gasteiger partial charge in [-0.15, -0.1) is 11.3 Å². The molecule has 0 spiro atoms. The van der Waals surface area contributed by atoms with Gasteiger partial charge in [0.15, 0.2) is 0 Å². The molecule has 3 heteroatoms. The van der Waals surface area contributed by atoms with Gasteiger partial charge in [0, 0.05) is 17.1 Å². The number of methoxy groups -OCH3 is 1. The maximum Gasteiger partial charge on any atom is 0.123 e. The monoisotopic (exact) mass is 192 g/mol. The second-order valence-corrected chi connectivity index (χ2v) is 3.37. The van der Waals surface area contributed by atoms with Crippen LogP contribution < -0.4 is 4.74 Å². The van der Waals surface area contributed by atoms with Gasteiger partial charge in [0.25, 0.3) is 0 Å². The zero-order valence-corrected chi connectivity index (χ0v) is 7.97. The third-order valence-corrected chi connectivity index (χ3v) is 2.50. The predicted octanol–water partition coefficient (Wildman–Crippen LogP) is 2.82. The molecular formula is C10H9NOS. The molecule has 13 heavy (non-hydrogen) atoms. The minimum atomic E-state index is 0.320. The molecule has 0 bridgehead atoms. The van der Waals surface area contributed by atoms with Crippen LogP contribution in [-0.2, 0) is 0 Å². The molecule has 0 saturated carbocycles. The average molecular weight is 192 g/mol. The van der Waals surface area contributed by atoms with Crippen LogP contribution in [0, 0.1) is 0 Å². The second kappa shape index (κ2) is 3.58. The van der Waals surface area contributed by atoms with Crippen LogP contribution in [0.1, 0.15) is 1.37 Å². The number of hydrogen-bond acceptors (Lipinski definition) is 3. The fourth-order valence-electron chi connectivity index (χ4n) is 1.06. The van der Waals surface area contributed by atoms with Crippen LogP contribution in [-0.4, -0.2) is 12.1 Å². The van der Waals surface area contributed by atoms with E-state index in [1.54, 1.807) is 12.5 Å². The Morgan fingerprint density at radius 3 is 2.69 bits per heavy atom. The Morgan fingerprint density at radius 1 is 1.38 bits per heavy atom. The first-order valence-electron chi connectivity index (χ1n) is 4.36. The number of ether oxygens (including phenoxy) is 1. The van der Waals surface area contributed by atoms with Crippen molar-refractivity contribution >= 4 is 11.3 Å². The number of hydrogen-bond donors (Lipinski definition) is 0. The van der Waals surface area contributed by atoms with Gasteiger partial charge in [0.05, 0.1) is 8.48 Å². The van der Waals surface area contributed by atoms with Gasteiger partial charge < -0.3 is 4.74 Å². The van der Waals surface area contributed by atoms with E-state index < -0.39 is 0 Å². The van der Waals surface area contributed by atoms with Crippen LogP contribution in [0.15, 0.2) is 35.8 Å². The molecule has 0 unspecified atom stereocenters. The van der Waals surface area contributed by atoms with Gasteiger partial charge in [-0.25, -0.2) is 4.98 Å². The molecule has 66 valence electrons. The smallest absolute Gasteiger partial charge is 0.123 e. The molecule has 0 amide bonds. The van der Waals surface area contributed by atoms with E-state index in [9.17, 15) is 0 Å². The van der Waals surface area contributed by atoms with Crippen molar-refractivity contribution in [2.24, 2.45) is 0 Å². The van der Waals surface area contributed by atoms with Crippen molar-refractivity contribution < 1.29 is 6.11 Å². The molecule has 0 atom stereocenters. The van der Waals surface area contributed by atoms with Crippen molar-refractivity contribution in [3.8, 4) is 16.3 Å². The van der Waals surface area contributed by atoms with Gasteiger partial charge in [0.2, 0.25) is 0 Å². The Balaban J connectivity index is 2.33. The Morgan fingerprint density at radius 2 is 2.15 bits per heavy atom. The molecule has 2 nitrogen and oxygen atoms in total. The highest BCUT2D eigenvalue weighted by molar-refractivity contribution is 7.13. The molecule has 0 aliphatic heterocycles.